The number of amides is 1. The van der Waals surface area contributed by atoms with E-state index in [1.165, 1.54) is 13.5 Å². The summed E-state index contributed by atoms with van der Waals surface area (Å²) in [7, 11) is -2.01. The number of hydrogen-bond donors (Lipinski definition) is 3. The van der Waals surface area contributed by atoms with Crippen molar-refractivity contribution in [2.45, 2.75) is 37.1 Å². The summed E-state index contributed by atoms with van der Waals surface area (Å²) in [6.07, 6.45) is 4.37. The molecule has 0 unspecified atom stereocenters. The maximum Gasteiger partial charge on any atom is 0.240 e. The Hall–Kier alpha value is -1.48. The van der Waals surface area contributed by atoms with Crippen LogP contribution in [-0.4, -0.2) is 47.7 Å². The van der Waals surface area contributed by atoms with E-state index in [-0.39, 0.29) is 22.8 Å². The second-order valence-corrected chi connectivity index (χ2v) is 9.21. The van der Waals surface area contributed by atoms with Crippen LogP contribution in [0.25, 0.3) is 0 Å². The van der Waals surface area contributed by atoms with E-state index in [1.807, 2.05) is 0 Å². The fraction of sp³-hybridized carbons (Fsp3) is 0.632. The highest BCUT2D eigenvalue weighted by atomic mass is 32.2. The Bertz CT molecular complexity index is 751. The number of rotatable bonds is 8. The molecule has 0 aromatic heterocycles. The molecule has 8 heteroatoms. The van der Waals surface area contributed by atoms with E-state index in [1.54, 1.807) is 24.3 Å². The van der Waals surface area contributed by atoms with Crippen LogP contribution < -0.4 is 15.4 Å². The maximum atomic E-state index is 12.9. The summed E-state index contributed by atoms with van der Waals surface area (Å²) in [6.45, 7) is 2.64. The van der Waals surface area contributed by atoms with Gasteiger partial charge in [0.2, 0.25) is 15.9 Å². The molecule has 7 nitrogen and oxygen atoms in total. The molecule has 1 saturated heterocycles. The van der Waals surface area contributed by atoms with Crippen molar-refractivity contribution in [1.82, 2.24) is 15.4 Å². The minimum atomic E-state index is -3.54. The first-order valence-corrected chi connectivity index (χ1v) is 11.0. The molecule has 3 N–H and O–H groups in total. The number of carbonyl (C=O) groups is 1. The summed E-state index contributed by atoms with van der Waals surface area (Å²) >= 11 is 0. The Kier molecular flexibility index (Phi) is 6.52. The zero-order chi connectivity index (χ0) is 19.3. The van der Waals surface area contributed by atoms with Crippen molar-refractivity contribution in [3.8, 4) is 0 Å². The van der Waals surface area contributed by atoms with Crippen molar-refractivity contribution in [2.75, 3.05) is 33.4 Å². The number of methoxy groups -OCH3 is 1. The molecule has 3 rings (SSSR count). The summed E-state index contributed by atoms with van der Waals surface area (Å²) in [5.74, 6) is 0.548. The molecule has 2 aliphatic rings. The van der Waals surface area contributed by atoms with Crippen LogP contribution in [0.2, 0.25) is 0 Å². The number of fused-ring (bicyclic) bond motifs is 1. The highest BCUT2D eigenvalue weighted by Crippen LogP contribution is 2.43. The fourth-order valence-electron chi connectivity index (χ4n) is 4.20. The Balaban J connectivity index is 1.58. The maximum absolute atomic E-state index is 12.9. The lowest BCUT2D eigenvalue weighted by molar-refractivity contribution is -0.134. The molecule has 2 fully saturated rings. The molecule has 0 spiro atoms. The van der Waals surface area contributed by atoms with Gasteiger partial charge in [-0.3, -0.25) is 4.79 Å². The van der Waals surface area contributed by atoms with Crippen LogP contribution in [0.15, 0.2) is 29.2 Å². The summed E-state index contributed by atoms with van der Waals surface area (Å²) in [6, 6.07) is 6.62. The number of hydrogen-bond acceptors (Lipinski definition) is 5. The van der Waals surface area contributed by atoms with E-state index in [2.05, 4.69) is 15.4 Å². The molecule has 1 aromatic carbocycles. The minimum Gasteiger partial charge on any atom is -0.383 e. The largest absolute Gasteiger partial charge is 0.383 e. The van der Waals surface area contributed by atoms with Crippen molar-refractivity contribution in [3.63, 3.8) is 0 Å². The summed E-state index contributed by atoms with van der Waals surface area (Å²) < 4.78 is 31.7. The Morgan fingerprint density at radius 3 is 2.81 bits per heavy atom. The van der Waals surface area contributed by atoms with E-state index in [0.29, 0.717) is 19.1 Å². The lowest BCUT2D eigenvalue weighted by Gasteiger charge is -2.37. The molecule has 1 aromatic rings. The quantitative estimate of drug-likeness (QED) is 0.571. The highest BCUT2D eigenvalue weighted by molar-refractivity contribution is 7.89. The first-order chi connectivity index (χ1) is 13.0. The van der Waals surface area contributed by atoms with Gasteiger partial charge < -0.3 is 15.4 Å². The number of sulfonamides is 1. The van der Waals surface area contributed by atoms with Crippen LogP contribution >= 0.6 is 0 Å². The molecular formula is C19H29N3O4S. The molecule has 0 bridgehead atoms. The molecule has 27 heavy (non-hydrogen) atoms. The molecule has 0 radical (unpaired) electrons. The highest BCUT2D eigenvalue weighted by Gasteiger charge is 2.49. The van der Waals surface area contributed by atoms with Gasteiger partial charge >= 0.3 is 0 Å². The fourth-order valence-corrected chi connectivity index (χ4v) is 5.21. The van der Waals surface area contributed by atoms with Crippen molar-refractivity contribution >= 4 is 15.9 Å². The van der Waals surface area contributed by atoms with Crippen LogP contribution in [0.5, 0.6) is 0 Å². The zero-order valence-corrected chi connectivity index (χ0v) is 16.6. The van der Waals surface area contributed by atoms with Crippen molar-refractivity contribution in [2.24, 2.45) is 11.3 Å². The van der Waals surface area contributed by atoms with Gasteiger partial charge in [0.1, 0.15) is 0 Å². The van der Waals surface area contributed by atoms with E-state index in [9.17, 15) is 13.2 Å². The third-order valence-electron chi connectivity index (χ3n) is 5.78. The summed E-state index contributed by atoms with van der Waals surface area (Å²) in [5.41, 5.74) is 0.612. The topological polar surface area (TPSA) is 96.5 Å². The van der Waals surface area contributed by atoms with Crippen molar-refractivity contribution in [3.05, 3.63) is 29.8 Å². The van der Waals surface area contributed by atoms with Crippen LogP contribution in [0.4, 0.5) is 0 Å². The predicted octanol–water partition coefficient (Wildman–Crippen LogP) is 1.01. The average Bonchev–Trinajstić information content (AvgIpc) is 3.12. The Morgan fingerprint density at radius 1 is 1.30 bits per heavy atom. The first-order valence-electron chi connectivity index (χ1n) is 9.54. The van der Waals surface area contributed by atoms with Gasteiger partial charge in [-0.2, -0.15) is 0 Å². The number of benzene rings is 1. The lowest BCUT2D eigenvalue weighted by atomic mass is 9.67. The van der Waals surface area contributed by atoms with Gasteiger partial charge in [-0.25, -0.2) is 13.1 Å². The van der Waals surface area contributed by atoms with Crippen LogP contribution in [0, 0.1) is 11.3 Å². The first kappa shape index (κ1) is 20.3. The normalized spacial score (nSPS) is 25.1. The SMILES string of the molecule is COCCNS(=O)(=O)c1ccc(CNC(=O)[C@@]23CCCC[C@H]2CNC3)cc1. The Morgan fingerprint density at radius 2 is 2.07 bits per heavy atom. The second-order valence-electron chi connectivity index (χ2n) is 7.45. The van der Waals surface area contributed by atoms with Gasteiger partial charge in [0.05, 0.1) is 16.9 Å². The molecule has 1 heterocycles. The Labute approximate surface area is 161 Å². The van der Waals surface area contributed by atoms with E-state index in [4.69, 9.17) is 4.74 Å². The molecule has 1 aliphatic carbocycles. The molecule has 2 atom stereocenters. The predicted molar refractivity (Wildman–Crippen MR) is 103 cm³/mol. The molecule has 1 amide bonds. The van der Waals surface area contributed by atoms with Crippen molar-refractivity contribution in [1.29, 1.82) is 0 Å². The van der Waals surface area contributed by atoms with Crippen LogP contribution in [0.1, 0.15) is 31.2 Å². The van der Waals surface area contributed by atoms with E-state index >= 15 is 0 Å². The van der Waals surface area contributed by atoms with Gasteiger partial charge in [0, 0.05) is 26.7 Å². The number of nitrogens with one attached hydrogen (secondary N) is 3. The summed E-state index contributed by atoms with van der Waals surface area (Å²) in [5, 5.41) is 6.46. The number of carbonyl (C=O) groups excluding carboxylic acids is 1. The third kappa shape index (κ3) is 4.51. The molecule has 150 valence electrons. The van der Waals surface area contributed by atoms with Gasteiger partial charge in [0.15, 0.2) is 0 Å². The van der Waals surface area contributed by atoms with Gasteiger partial charge in [-0.05, 0) is 43.0 Å². The minimum absolute atomic E-state index is 0.120. The molecule has 1 aliphatic heterocycles. The van der Waals surface area contributed by atoms with Gasteiger partial charge in [-0.1, -0.05) is 25.0 Å². The third-order valence-corrected chi connectivity index (χ3v) is 7.25. The summed E-state index contributed by atoms with van der Waals surface area (Å²) in [4.78, 5) is 13.1. The second kappa shape index (κ2) is 8.68. The standard InChI is InChI=1S/C19H29N3O4S/c1-26-11-10-22-27(24,25)17-7-5-15(6-8-17)12-21-18(23)19-9-3-2-4-16(19)13-20-14-19/h5-8,16,20,22H,2-4,9-14H2,1H3,(H,21,23)/t16-,19+/m0/s1. The number of ether oxygens (including phenoxy) is 1. The monoisotopic (exact) mass is 395 g/mol. The van der Waals surface area contributed by atoms with E-state index in [0.717, 1.165) is 37.9 Å². The lowest BCUT2D eigenvalue weighted by Crippen LogP contribution is -2.47. The molecule has 1 saturated carbocycles. The van der Waals surface area contributed by atoms with Crippen LogP contribution in [0.3, 0.4) is 0 Å². The van der Waals surface area contributed by atoms with Crippen molar-refractivity contribution < 1.29 is 17.9 Å². The van der Waals surface area contributed by atoms with Crippen LogP contribution in [-0.2, 0) is 26.1 Å². The zero-order valence-electron chi connectivity index (χ0n) is 15.8. The molecular weight excluding hydrogens is 366 g/mol. The smallest absolute Gasteiger partial charge is 0.240 e. The van der Waals surface area contributed by atoms with Gasteiger partial charge in [-0.15, -0.1) is 0 Å². The van der Waals surface area contributed by atoms with E-state index < -0.39 is 10.0 Å². The van der Waals surface area contributed by atoms with Gasteiger partial charge in [0.25, 0.3) is 0 Å². The average molecular weight is 396 g/mol.